The Balaban J connectivity index is 2.41. The van der Waals surface area contributed by atoms with Crippen LogP contribution in [-0.4, -0.2) is 24.2 Å². The van der Waals surface area contributed by atoms with Crippen molar-refractivity contribution in [1.29, 1.82) is 0 Å². The molecule has 4 nitrogen and oxygen atoms in total. The molecule has 1 aromatic carbocycles. The van der Waals surface area contributed by atoms with Crippen molar-refractivity contribution in [3.05, 3.63) is 35.4 Å². The first-order valence-electron chi connectivity index (χ1n) is 5.85. The van der Waals surface area contributed by atoms with E-state index in [-0.39, 0.29) is 5.91 Å². The van der Waals surface area contributed by atoms with Crippen LogP contribution in [0.15, 0.2) is 24.3 Å². The molecule has 3 N–H and O–H groups in total. The number of nitrogens with one attached hydrogen (secondary N) is 1. The number of hydrogen-bond acceptors (Lipinski definition) is 2. The predicted molar refractivity (Wildman–Crippen MR) is 74.8 cm³/mol. The van der Waals surface area contributed by atoms with E-state index in [2.05, 4.69) is 17.2 Å². The maximum absolute atomic E-state index is 11.2. The van der Waals surface area contributed by atoms with Crippen molar-refractivity contribution in [2.75, 3.05) is 12.4 Å². The Bertz CT molecular complexity index is 500. The Labute approximate surface area is 117 Å². The maximum atomic E-state index is 11.2. The molecule has 0 aliphatic heterocycles. The van der Waals surface area contributed by atoms with Gasteiger partial charge in [0.2, 0.25) is 11.8 Å². The van der Waals surface area contributed by atoms with E-state index >= 15 is 0 Å². The molecule has 0 aliphatic carbocycles. The minimum Gasteiger partial charge on any atom is -0.366 e. The number of nitrogens with two attached hydrogens (primary N) is 1. The molecule has 0 atom stereocenters. The van der Waals surface area contributed by atoms with Crippen LogP contribution >= 0.6 is 11.6 Å². The minimum absolute atomic E-state index is 0.0565. The molecule has 5 heteroatoms. The summed E-state index contributed by atoms with van der Waals surface area (Å²) in [6.45, 7) is 0.290. The second kappa shape index (κ2) is 8.17. The molecule has 1 rings (SSSR count). The Morgan fingerprint density at radius 2 is 1.95 bits per heavy atom. The molecule has 2 amide bonds. The van der Waals surface area contributed by atoms with E-state index in [0.717, 1.165) is 5.56 Å². The fourth-order valence-electron chi connectivity index (χ4n) is 1.32. The van der Waals surface area contributed by atoms with Gasteiger partial charge in [-0.2, -0.15) is 0 Å². The molecule has 1 aromatic rings. The number of alkyl halides is 1. The van der Waals surface area contributed by atoms with Crippen LogP contribution in [0.5, 0.6) is 0 Å². The molecule has 0 bridgehead atoms. The van der Waals surface area contributed by atoms with Crippen LogP contribution in [0.2, 0.25) is 0 Å². The fraction of sp³-hybridized carbons (Fsp3) is 0.286. The van der Waals surface area contributed by atoms with E-state index in [1.165, 1.54) is 0 Å². The molecular formula is C14H15ClN2O2. The largest absolute Gasteiger partial charge is 0.366 e. The second-order valence-electron chi connectivity index (χ2n) is 3.81. The summed E-state index contributed by atoms with van der Waals surface area (Å²) >= 11 is 5.48. The third-order valence-electron chi connectivity index (χ3n) is 2.31. The van der Waals surface area contributed by atoms with Crippen molar-refractivity contribution in [3.8, 4) is 11.8 Å². The van der Waals surface area contributed by atoms with Crippen LogP contribution in [-0.2, 0) is 4.79 Å². The zero-order valence-corrected chi connectivity index (χ0v) is 11.2. The number of amides is 2. The number of halogens is 1. The first-order chi connectivity index (χ1) is 9.13. The van der Waals surface area contributed by atoms with E-state index in [1.807, 2.05) is 0 Å². The molecule has 19 heavy (non-hydrogen) atoms. The number of carbonyl (C=O) groups is 2. The third-order valence-corrected chi connectivity index (χ3v) is 2.58. The number of rotatable bonds is 5. The average Bonchev–Trinajstić information content (AvgIpc) is 2.41. The Morgan fingerprint density at radius 3 is 2.53 bits per heavy atom. The summed E-state index contributed by atoms with van der Waals surface area (Å²) in [7, 11) is 0. The molecule has 0 saturated heterocycles. The third kappa shape index (κ3) is 5.94. The molecule has 100 valence electrons. The number of benzene rings is 1. The van der Waals surface area contributed by atoms with Gasteiger partial charge in [0.05, 0.1) is 6.54 Å². The van der Waals surface area contributed by atoms with Crippen molar-refractivity contribution in [1.82, 2.24) is 5.32 Å². The number of carbonyl (C=O) groups excluding carboxylic acids is 2. The van der Waals surface area contributed by atoms with Crippen LogP contribution in [0, 0.1) is 11.8 Å². The van der Waals surface area contributed by atoms with E-state index < -0.39 is 5.91 Å². The van der Waals surface area contributed by atoms with Gasteiger partial charge in [0.15, 0.2) is 0 Å². The summed E-state index contributed by atoms with van der Waals surface area (Å²) in [6, 6.07) is 6.65. The first kappa shape index (κ1) is 15.1. The summed E-state index contributed by atoms with van der Waals surface area (Å²) < 4.78 is 0. The van der Waals surface area contributed by atoms with Gasteiger partial charge in [0, 0.05) is 23.4 Å². The number of hydrogen-bond donors (Lipinski definition) is 2. The van der Waals surface area contributed by atoms with Crippen molar-refractivity contribution in [2.45, 2.75) is 12.8 Å². The Morgan fingerprint density at radius 1 is 1.26 bits per heavy atom. The minimum atomic E-state index is -0.467. The lowest BCUT2D eigenvalue weighted by Crippen LogP contribution is -2.23. The Hall–Kier alpha value is -1.99. The quantitative estimate of drug-likeness (QED) is 0.629. The smallest absolute Gasteiger partial charge is 0.248 e. The molecular weight excluding hydrogens is 264 g/mol. The van der Waals surface area contributed by atoms with Gasteiger partial charge >= 0.3 is 0 Å². The van der Waals surface area contributed by atoms with Crippen molar-refractivity contribution < 1.29 is 9.59 Å². The fourth-order valence-corrected chi connectivity index (χ4v) is 1.46. The molecule has 0 unspecified atom stereocenters. The van der Waals surface area contributed by atoms with Crippen molar-refractivity contribution in [3.63, 3.8) is 0 Å². The Kier molecular flexibility index (Phi) is 6.48. The molecule has 0 aromatic heterocycles. The summed E-state index contributed by atoms with van der Waals surface area (Å²) in [4.78, 5) is 22.1. The maximum Gasteiger partial charge on any atom is 0.248 e. The summed E-state index contributed by atoms with van der Waals surface area (Å²) in [6.07, 6.45) is 1.08. The van der Waals surface area contributed by atoms with Gasteiger partial charge in [-0.3, -0.25) is 9.59 Å². The second-order valence-corrected chi connectivity index (χ2v) is 4.19. The highest BCUT2D eigenvalue weighted by molar-refractivity contribution is 6.17. The van der Waals surface area contributed by atoms with Crippen LogP contribution in [0.3, 0.4) is 0 Å². The monoisotopic (exact) mass is 278 g/mol. The highest BCUT2D eigenvalue weighted by atomic mass is 35.5. The van der Waals surface area contributed by atoms with Crippen molar-refractivity contribution >= 4 is 23.4 Å². The zero-order chi connectivity index (χ0) is 14.1. The van der Waals surface area contributed by atoms with Crippen LogP contribution in [0.25, 0.3) is 0 Å². The van der Waals surface area contributed by atoms with Gasteiger partial charge in [-0.25, -0.2) is 0 Å². The summed E-state index contributed by atoms with van der Waals surface area (Å²) in [5, 5.41) is 2.67. The van der Waals surface area contributed by atoms with E-state index in [0.29, 0.717) is 30.8 Å². The lowest BCUT2D eigenvalue weighted by molar-refractivity contribution is -0.120. The molecule has 0 heterocycles. The first-order valence-corrected chi connectivity index (χ1v) is 6.38. The normalized spacial score (nSPS) is 9.32. The molecule has 0 radical (unpaired) electrons. The SMILES string of the molecule is NC(=O)c1ccc(C#CCNC(=O)CCCCl)cc1. The molecule has 0 spiro atoms. The van der Waals surface area contributed by atoms with Crippen molar-refractivity contribution in [2.24, 2.45) is 5.73 Å². The van der Waals surface area contributed by atoms with E-state index in [1.54, 1.807) is 24.3 Å². The van der Waals surface area contributed by atoms with E-state index in [4.69, 9.17) is 17.3 Å². The van der Waals surface area contributed by atoms with Gasteiger partial charge in [0.25, 0.3) is 0 Å². The van der Waals surface area contributed by atoms with Gasteiger partial charge in [-0.15, -0.1) is 11.6 Å². The lowest BCUT2D eigenvalue weighted by atomic mass is 10.1. The lowest BCUT2D eigenvalue weighted by Gasteiger charge is -1.98. The van der Waals surface area contributed by atoms with Crippen LogP contribution in [0.4, 0.5) is 0 Å². The molecule has 0 aliphatic rings. The zero-order valence-electron chi connectivity index (χ0n) is 10.4. The highest BCUT2D eigenvalue weighted by Crippen LogP contribution is 2.01. The van der Waals surface area contributed by atoms with Crippen LogP contribution in [0.1, 0.15) is 28.8 Å². The van der Waals surface area contributed by atoms with Gasteiger partial charge in [0.1, 0.15) is 0 Å². The van der Waals surface area contributed by atoms with Crippen LogP contribution < -0.4 is 11.1 Å². The van der Waals surface area contributed by atoms with Gasteiger partial charge in [-0.1, -0.05) is 11.8 Å². The highest BCUT2D eigenvalue weighted by Gasteiger charge is 1.98. The van der Waals surface area contributed by atoms with Gasteiger partial charge in [-0.05, 0) is 30.7 Å². The topological polar surface area (TPSA) is 72.2 Å². The summed E-state index contributed by atoms with van der Waals surface area (Å²) in [5.41, 5.74) is 6.34. The predicted octanol–water partition coefficient (Wildman–Crippen LogP) is 1.27. The van der Waals surface area contributed by atoms with E-state index in [9.17, 15) is 9.59 Å². The summed E-state index contributed by atoms with van der Waals surface area (Å²) in [5.74, 6) is 5.66. The molecule has 0 fully saturated rings. The number of primary amides is 1. The van der Waals surface area contributed by atoms with Gasteiger partial charge < -0.3 is 11.1 Å². The standard InChI is InChI=1S/C14H15ClN2O2/c15-9-1-4-13(18)17-10-2-3-11-5-7-12(8-6-11)14(16)19/h5-8H,1,4,9-10H2,(H2,16,19)(H,17,18). The molecule has 0 saturated carbocycles. The average molecular weight is 279 g/mol.